The predicted molar refractivity (Wildman–Crippen MR) is 93.3 cm³/mol. The summed E-state index contributed by atoms with van der Waals surface area (Å²) in [5, 5.41) is 4.20. The minimum atomic E-state index is -0.549. The van der Waals surface area contributed by atoms with Gasteiger partial charge in [-0.05, 0) is 42.6 Å². The van der Waals surface area contributed by atoms with Gasteiger partial charge in [0.25, 0.3) is 0 Å². The van der Waals surface area contributed by atoms with Crippen LogP contribution in [0, 0.1) is 6.92 Å². The molecule has 2 heterocycles. The zero-order valence-electron chi connectivity index (χ0n) is 11.6. The number of anilines is 2. The smallest absolute Gasteiger partial charge is 0.324 e. The third kappa shape index (κ3) is 2.85. The first kappa shape index (κ1) is 15.0. The summed E-state index contributed by atoms with van der Waals surface area (Å²) in [4.78, 5) is 19.0. The number of carbonyl (C=O) groups is 1. The number of urea groups is 1. The normalized spacial score (nSPS) is 10.6. The molecule has 0 atom stereocenters. The number of primary amides is 1. The lowest BCUT2D eigenvalue weighted by molar-refractivity contribution is 0.256. The number of aryl methyl sites for hydroxylation is 1. The number of aromatic nitrogens is 1. The molecule has 0 bridgehead atoms. The molecule has 1 aromatic carbocycles. The van der Waals surface area contributed by atoms with Gasteiger partial charge in [-0.15, -0.1) is 11.3 Å². The molecule has 0 radical (unpaired) electrons. The summed E-state index contributed by atoms with van der Waals surface area (Å²) in [6.07, 6.45) is 0. The lowest BCUT2D eigenvalue weighted by Gasteiger charge is -2.19. The van der Waals surface area contributed by atoms with Gasteiger partial charge in [0.15, 0.2) is 0 Å². The van der Waals surface area contributed by atoms with Gasteiger partial charge >= 0.3 is 6.03 Å². The van der Waals surface area contributed by atoms with E-state index in [1.165, 1.54) is 16.2 Å². The number of nitrogens with two attached hydrogens (primary N) is 1. The van der Waals surface area contributed by atoms with Crippen LogP contribution >= 0.6 is 34.3 Å². The Bertz CT molecular complexity index is 797. The van der Waals surface area contributed by atoms with Crippen LogP contribution in [-0.2, 0) is 0 Å². The Morgan fingerprint density at radius 2 is 2.00 bits per heavy atom. The van der Waals surface area contributed by atoms with E-state index in [1.807, 2.05) is 24.4 Å². The van der Waals surface area contributed by atoms with Crippen molar-refractivity contribution < 1.29 is 4.79 Å². The van der Waals surface area contributed by atoms with Crippen LogP contribution < -0.4 is 10.6 Å². The quantitative estimate of drug-likeness (QED) is 0.719. The Labute approximate surface area is 140 Å². The van der Waals surface area contributed by atoms with E-state index in [1.54, 1.807) is 35.6 Å². The summed E-state index contributed by atoms with van der Waals surface area (Å²) in [6.45, 7) is 1.87. The number of carbonyl (C=O) groups excluding carboxylic acids is 1. The van der Waals surface area contributed by atoms with Crippen molar-refractivity contribution in [2.24, 2.45) is 5.73 Å². The molecule has 3 rings (SSSR count). The Morgan fingerprint density at radius 3 is 2.59 bits per heavy atom. The van der Waals surface area contributed by atoms with Gasteiger partial charge in [0, 0.05) is 5.02 Å². The second-order valence-corrected chi connectivity index (χ2v) is 6.90. The number of nitrogens with zero attached hydrogens (tertiary/aromatic N) is 2. The second-order valence-electron chi connectivity index (χ2n) is 4.54. The van der Waals surface area contributed by atoms with Crippen LogP contribution in [0.3, 0.4) is 0 Å². The highest BCUT2D eigenvalue weighted by Crippen LogP contribution is 2.39. The fourth-order valence-electron chi connectivity index (χ4n) is 2.04. The first-order chi connectivity index (χ1) is 10.6. The first-order valence-corrected chi connectivity index (χ1v) is 8.50. The number of hydrogen-bond donors (Lipinski definition) is 1. The van der Waals surface area contributed by atoms with E-state index >= 15 is 0 Å². The van der Waals surface area contributed by atoms with Crippen LogP contribution in [-0.4, -0.2) is 11.0 Å². The van der Waals surface area contributed by atoms with Gasteiger partial charge in [0.1, 0.15) is 10.0 Å². The van der Waals surface area contributed by atoms with Crippen molar-refractivity contribution in [3.63, 3.8) is 0 Å². The number of amides is 2. The third-order valence-electron chi connectivity index (χ3n) is 3.01. The Morgan fingerprint density at radius 1 is 1.27 bits per heavy atom. The van der Waals surface area contributed by atoms with E-state index in [0.717, 1.165) is 20.6 Å². The van der Waals surface area contributed by atoms with Gasteiger partial charge in [-0.25, -0.2) is 9.78 Å². The number of benzene rings is 1. The molecular weight excluding hydrogens is 338 g/mol. The Kier molecular flexibility index (Phi) is 4.15. The fraction of sp³-hybridized carbons (Fsp3) is 0.0667. The molecule has 4 nitrogen and oxygen atoms in total. The fourth-order valence-corrected chi connectivity index (χ4v) is 4.05. The molecule has 0 unspecified atom stereocenters. The van der Waals surface area contributed by atoms with Gasteiger partial charge in [-0.2, -0.15) is 0 Å². The minimum absolute atomic E-state index is 0.549. The standard InChI is InChI=1S/C15H12ClN3OS2/c1-9-14(22-13(18-9)12-3-2-8-21-12)19(15(17)20)11-6-4-10(16)5-7-11/h2-8H,1H3,(H2,17,20). The van der Waals surface area contributed by atoms with E-state index < -0.39 is 6.03 Å². The van der Waals surface area contributed by atoms with Gasteiger partial charge < -0.3 is 5.73 Å². The summed E-state index contributed by atoms with van der Waals surface area (Å²) >= 11 is 8.96. The highest BCUT2D eigenvalue weighted by Gasteiger charge is 2.21. The maximum atomic E-state index is 11.9. The number of halogens is 1. The van der Waals surface area contributed by atoms with Gasteiger partial charge in [-0.1, -0.05) is 29.0 Å². The van der Waals surface area contributed by atoms with Crippen LogP contribution in [0.25, 0.3) is 9.88 Å². The summed E-state index contributed by atoms with van der Waals surface area (Å²) in [7, 11) is 0. The average Bonchev–Trinajstić information content (AvgIpc) is 3.11. The van der Waals surface area contributed by atoms with Crippen molar-refractivity contribution in [3.8, 4) is 9.88 Å². The first-order valence-electron chi connectivity index (χ1n) is 6.42. The number of thiazole rings is 1. The molecule has 0 aliphatic heterocycles. The zero-order valence-corrected chi connectivity index (χ0v) is 14.0. The minimum Gasteiger partial charge on any atom is -0.351 e. The van der Waals surface area contributed by atoms with Crippen molar-refractivity contribution in [2.75, 3.05) is 4.90 Å². The van der Waals surface area contributed by atoms with E-state index in [9.17, 15) is 4.79 Å². The highest BCUT2D eigenvalue weighted by molar-refractivity contribution is 7.23. The van der Waals surface area contributed by atoms with Crippen molar-refractivity contribution in [3.05, 3.63) is 52.5 Å². The summed E-state index contributed by atoms with van der Waals surface area (Å²) in [6, 6.07) is 10.4. The number of rotatable bonds is 3. The Balaban J connectivity index is 2.06. The van der Waals surface area contributed by atoms with Crippen molar-refractivity contribution in [1.29, 1.82) is 0 Å². The van der Waals surface area contributed by atoms with Gasteiger partial charge in [0.05, 0.1) is 16.3 Å². The molecule has 0 aliphatic rings. The Hall–Kier alpha value is -1.89. The number of thiophene rings is 1. The van der Waals surface area contributed by atoms with E-state index in [-0.39, 0.29) is 0 Å². The van der Waals surface area contributed by atoms with Gasteiger partial charge in [0.2, 0.25) is 0 Å². The van der Waals surface area contributed by atoms with Crippen molar-refractivity contribution in [1.82, 2.24) is 4.98 Å². The average molecular weight is 350 g/mol. The topological polar surface area (TPSA) is 59.2 Å². The molecule has 0 aliphatic carbocycles. The van der Waals surface area contributed by atoms with E-state index in [0.29, 0.717) is 10.7 Å². The van der Waals surface area contributed by atoms with Crippen LogP contribution in [0.1, 0.15) is 5.69 Å². The van der Waals surface area contributed by atoms with Gasteiger partial charge in [-0.3, -0.25) is 4.90 Å². The largest absolute Gasteiger partial charge is 0.351 e. The third-order valence-corrected chi connectivity index (χ3v) is 5.45. The van der Waals surface area contributed by atoms with Crippen molar-refractivity contribution in [2.45, 2.75) is 6.92 Å². The molecule has 7 heteroatoms. The molecular formula is C15H12ClN3OS2. The molecule has 0 spiro atoms. The van der Waals surface area contributed by atoms with Crippen LogP contribution in [0.5, 0.6) is 0 Å². The van der Waals surface area contributed by atoms with E-state index in [2.05, 4.69) is 4.98 Å². The number of hydrogen-bond acceptors (Lipinski definition) is 4. The second kappa shape index (κ2) is 6.08. The predicted octanol–water partition coefficient (Wildman–Crippen LogP) is 5.05. The van der Waals surface area contributed by atoms with Crippen LogP contribution in [0.15, 0.2) is 41.8 Å². The van der Waals surface area contributed by atoms with Crippen molar-refractivity contribution >= 4 is 51.0 Å². The maximum Gasteiger partial charge on any atom is 0.324 e. The summed E-state index contributed by atoms with van der Waals surface area (Å²) in [5.41, 5.74) is 7.00. The van der Waals surface area contributed by atoms with Crippen LogP contribution in [0.2, 0.25) is 5.02 Å². The molecule has 2 aromatic heterocycles. The lowest BCUT2D eigenvalue weighted by atomic mass is 10.3. The SMILES string of the molecule is Cc1nc(-c2cccs2)sc1N(C(N)=O)c1ccc(Cl)cc1. The van der Waals surface area contributed by atoms with Crippen LogP contribution in [0.4, 0.5) is 15.5 Å². The van der Waals surface area contributed by atoms with E-state index in [4.69, 9.17) is 17.3 Å². The molecule has 2 N–H and O–H groups in total. The zero-order chi connectivity index (χ0) is 15.7. The molecule has 0 saturated heterocycles. The molecule has 22 heavy (non-hydrogen) atoms. The molecule has 112 valence electrons. The molecule has 0 saturated carbocycles. The highest BCUT2D eigenvalue weighted by atomic mass is 35.5. The monoisotopic (exact) mass is 349 g/mol. The lowest BCUT2D eigenvalue weighted by Crippen LogP contribution is -2.31. The molecule has 3 aromatic rings. The summed E-state index contributed by atoms with van der Waals surface area (Å²) in [5.74, 6) is 0. The molecule has 2 amide bonds. The summed E-state index contributed by atoms with van der Waals surface area (Å²) < 4.78 is 0. The molecule has 0 fully saturated rings. The maximum absolute atomic E-state index is 11.9.